The predicted molar refractivity (Wildman–Crippen MR) is 72.5 cm³/mol. The van der Waals surface area contributed by atoms with Crippen LogP contribution in [0.1, 0.15) is 31.4 Å². The Kier molecular flexibility index (Phi) is 4.95. The van der Waals surface area contributed by atoms with Crippen molar-refractivity contribution in [2.75, 3.05) is 5.73 Å². The number of hydrogen-bond donors (Lipinski definition) is 1. The van der Waals surface area contributed by atoms with Gasteiger partial charge in [-0.05, 0) is 49.1 Å². The first-order valence-corrected chi connectivity index (χ1v) is 5.91. The number of rotatable bonds is 4. The first-order valence-electron chi connectivity index (χ1n) is 5.91. The van der Waals surface area contributed by atoms with Gasteiger partial charge in [0.2, 0.25) is 0 Å². The van der Waals surface area contributed by atoms with Crippen molar-refractivity contribution in [2.45, 2.75) is 33.6 Å². The molecule has 0 aliphatic rings. The van der Waals surface area contributed by atoms with E-state index in [1.165, 1.54) is 6.92 Å². The van der Waals surface area contributed by atoms with Gasteiger partial charge in [-0.15, -0.1) is 0 Å². The molecule has 1 aromatic carbocycles. The average molecular weight is 233 g/mol. The summed E-state index contributed by atoms with van der Waals surface area (Å²) >= 11 is 0. The summed E-state index contributed by atoms with van der Waals surface area (Å²) in [7, 11) is 0. The minimum absolute atomic E-state index is 0.120. The topological polar surface area (TPSA) is 26.0 Å². The van der Waals surface area contributed by atoms with Crippen molar-refractivity contribution in [2.24, 2.45) is 0 Å². The molecule has 0 saturated heterocycles. The van der Waals surface area contributed by atoms with Crippen LogP contribution < -0.4 is 5.73 Å². The molecule has 17 heavy (non-hydrogen) atoms. The van der Waals surface area contributed by atoms with Crippen LogP contribution in [0, 0.1) is 6.92 Å². The molecule has 0 heterocycles. The quantitative estimate of drug-likeness (QED) is 0.608. The number of nitrogens with two attached hydrogens (primary N) is 1. The zero-order valence-corrected chi connectivity index (χ0v) is 10.8. The van der Waals surface area contributed by atoms with E-state index >= 15 is 0 Å². The Morgan fingerprint density at radius 1 is 1.41 bits per heavy atom. The predicted octanol–water partition coefficient (Wildman–Crippen LogP) is 4.33. The summed E-state index contributed by atoms with van der Waals surface area (Å²) < 4.78 is 13.4. The molecule has 2 N–H and O–H groups in total. The molecular weight excluding hydrogens is 213 g/mol. The lowest BCUT2D eigenvalue weighted by Crippen LogP contribution is -1.95. The summed E-state index contributed by atoms with van der Waals surface area (Å²) in [6.45, 7) is 5.54. The van der Waals surface area contributed by atoms with Crippen LogP contribution in [-0.4, -0.2) is 0 Å². The third-order valence-corrected chi connectivity index (χ3v) is 2.74. The molecule has 0 aromatic heterocycles. The van der Waals surface area contributed by atoms with Gasteiger partial charge >= 0.3 is 0 Å². The molecule has 0 fully saturated rings. The maximum absolute atomic E-state index is 13.4. The summed E-state index contributed by atoms with van der Waals surface area (Å²) in [6, 6.07) is 5.74. The monoisotopic (exact) mass is 233 g/mol. The Morgan fingerprint density at radius 2 is 2.12 bits per heavy atom. The molecule has 92 valence electrons. The number of aryl methyl sites for hydroxylation is 1. The van der Waals surface area contributed by atoms with Gasteiger partial charge in [-0.25, -0.2) is 4.39 Å². The number of allylic oxidation sites excluding steroid dienone is 4. The van der Waals surface area contributed by atoms with E-state index < -0.39 is 0 Å². The maximum atomic E-state index is 13.4. The fourth-order valence-electron chi connectivity index (χ4n) is 1.68. The second-order valence-corrected chi connectivity index (χ2v) is 4.23. The molecule has 1 rings (SSSR count). The first kappa shape index (κ1) is 13.5. The standard InChI is InChI=1S/C15H20FN/c1-4-5-6-14(12(3)16)10-13-7-8-15(17)9-11(13)2/h5-9H,4,10,17H2,1-3H3/b6-5-,14-12-. The van der Waals surface area contributed by atoms with E-state index in [1.807, 2.05) is 44.2 Å². The molecule has 0 atom stereocenters. The molecule has 0 amide bonds. The third-order valence-electron chi connectivity index (χ3n) is 2.74. The van der Waals surface area contributed by atoms with Gasteiger partial charge in [0.05, 0.1) is 0 Å². The molecule has 0 unspecified atom stereocenters. The SMILES string of the molecule is CC/C=C\C(Cc1ccc(N)cc1C)=C(/C)F. The molecule has 1 aromatic rings. The highest BCUT2D eigenvalue weighted by atomic mass is 19.1. The fraction of sp³-hybridized carbons (Fsp3) is 0.333. The van der Waals surface area contributed by atoms with Crippen LogP contribution in [-0.2, 0) is 6.42 Å². The van der Waals surface area contributed by atoms with Crippen molar-refractivity contribution in [3.63, 3.8) is 0 Å². The molecule has 1 nitrogen and oxygen atoms in total. The highest BCUT2D eigenvalue weighted by Gasteiger charge is 2.04. The van der Waals surface area contributed by atoms with Crippen molar-refractivity contribution in [3.8, 4) is 0 Å². The van der Waals surface area contributed by atoms with Crippen LogP contribution >= 0.6 is 0 Å². The summed E-state index contributed by atoms with van der Waals surface area (Å²) in [5.74, 6) is -0.120. The van der Waals surface area contributed by atoms with Crippen molar-refractivity contribution in [1.82, 2.24) is 0 Å². The molecule has 0 saturated carbocycles. The summed E-state index contributed by atoms with van der Waals surface area (Å²) in [6.07, 6.45) is 5.37. The minimum atomic E-state index is -0.120. The second-order valence-electron chi connectivity index (χ2n) is 4.23. The van der Waals surface area contributed by atoms with Crippen LogP contribution in [0.3, 0.4) is 0 Å². The smallest absolute Gasteiger partial charge is 0.100 e. The van der Waals surface area contributed by atoms with Crippen LogP contribution in [0.25, 0.3) is 0 Å². The van der Waals surface area contributed by atoms with Gasteiger partial charge in [-0.1, -0.05) is 25.1 Å². The lowest BCUT2D eigenvalue weighted by Gasteiger charge is -2.08. The Hall–Kier alpha value is -1.57. The summed E-state index contributed by atoms with van der Waals surface area (Å²) in [4.78, 5) is 0. The van der Waals surface area contributed by atoms with Crippen molar-refractivity contribution in [1.29, 1.82) is 0 Å². The molecule has 0 aliphatic carbocycles. The number of nitrogen functional groups attached to an aromatic ring is 1. The lowest BCUT2D eigenvalue weighted by atomic mass is 9.99. The molecule has 0 bridgehead atoms. The van der Waals surface area contributed by atoms with E-state index in [-0.39, 0.29) is 5.83 Å². The van der Waals surface area contributed by atoms with E-state index in [2.05, 4.69) is 0 Å². The molecule has 2 heteroatoms. The zero-order valence-electron chi connectivity index (χ0n) is 10.8. The normalized spacial score (nSPS) is 12.9. The maximum Gasteiger partial charge on any atom is 0.100 e. The van der Waals surface area contributed by atoms with Crippen LogP contribution in [0.5, 0.6) is 0 Å². The fourth-order valence-corrected chi connectivity index (χ4v) is 1.68. The van der Waals surface area contributed by atoms with Gasteiger partial charge in [0.1, 0.15) is 5.83 Å². The highest BCUT2D eigenvalue weighted by Crippen LogP contribution is 2.19. The van der Waals surface area contributed by atoms with E-state index in [4.69, 9.17) is 5.73 Å². The minimum Gasteiger partial charge on any atom is -0.399 e. The summed E-state index contributed by atoms with van der Waals surface area (Å²) in [5.41, 5.74) is 9.40. The Morgan fingerprint density at radius 3 is 2.65 bits per heavy atom. The Balaban J connectivity index is 2.95. The van der Waals surface area contributed by atoms with E-state index in [1.54, 1.807) is 0 Å². The van der Waals surface area contributed by atoms with Gasteiger partial charge in [0, 0.05) is 12.1 Å². The highest BCUT2D eigenvalue weighted by molar-refractivity contribution is 5.46. The number of halogens is 1. The van der Waals surface area contributed by atoms with Crippen molar-refractivity contribution >= 4 is 5.69 Å². The van der Waals surface area contributed by atoms with Crippen LogP contribution in [0.4, 0.5) is 10.1 Å². The van der Waals surface area contributed by atoms with Gasteiger partial charge in [0.25, 0.3) is 0 Å². The van der Waals surface area contributed by atoms with Gasteiger partial charge in [-0.3, -0.25) is 0 Å². The summed E-state index contributed by atoms with van der Waals surface area (Å²) in [5, 5.41) is 0. The van der Waals surface area contributed by atoms with E-state index in [0.29, 0.717) is 6.42 Å². The first-order chi connectivity index (χ1) is 8.04. The third kappa shape index (κ3) is 4.06. The largest absolute Gasteiger partial charge is 0.399 e. The van der Waals surface area contributed by atoms with Gasteiger partial charge < -0.3 is 5.73 Å². The molecule has 0 aliphatic heterocycles. The number of hydrogen-bond acceptors (Lipinski definition) is 1. The second kappa shape index (κ2) is 6.24. The van der Waals surface area contributed by atoms with Crippen molar-refractivity contribution in [3.05, 3.63) is 52.9 Å². The average Bonchev–Trinajstić information content (AvgIpc) is 2.26. The van der Waals surface area contributed by atoms with E-state index in [9.17, 15) is 4.39 Å². The zero-order chi connectivity index (χ0) is 12.8. The van der Waals surface area contributed by atoms with Crippen molar-refractivity contribution < 1.29 is 4.39 Å². The van der Waals surface area contributed by atoms with E-state index in [0.717, 1.165) is 28.8 Å². The Labute approximate surface area is 103 Å². The van der Waals surface area contributed by atoms with Gasteiger partial charge in [-0.2, -0.15) is 0 Å². The molecule has 0 spiro atoms. The molecule has 0 radical (unpaired) electrons. The van der Waals surface area contributed by atoms with Crippen LogP contribution in [0.2, 0.25) is 0 Å². The molecular formula is C15H20FN. The van der Waals surface area contributed by atoms with Crippen LogP contribution in [0.15, 0.2) is 41.8 Å². The number of benzene rings is 1. The van der Waals surface area contributed by atoms with Gasteiger partial charge in [0.15, 0.2) is 0 Å². The number of anilines is 1. The lowest BCUT2D eigenvalue weighted by molar-refractivity contribution is 0.627. The Bertz CT molecular complexity index is 440.